The number of anilines is 1. The Morgan fingerprint density at radius 2 is 2.04 bits per heavy atom. The van der Waals surface area contributed by atoms with Crippen LogP contribution in [0.25, 0.3) is 0 Å². The molecule has 3 rings (SSSR count). The average molecular weight is 373 g/mol. The van der Waals surface area contributed by atoms with Crippen LogP contribution in [-0.4, -0.2) is 63.2 Å². The number of carbonyl (C=O) groups excluding carboxylic acids is 1. The van der Waals surface area contributed by atoms with Gasteiger partial charge in [-0.25, -0.2) is 0 Å². The van der Waals surface area contributed by atoms with Crippen molar-refractivity contribution >= 4 is 17.6 Å². The molecule has 27 heavy (non-hydrogen) atoms. The number of ether oxygens (including phenoxy) is 1. The fraction of sp³-hybridized carbons (Fsp3) is 0.619. The van der Waals surface area contributed by atoms with Gasteiger partial charge in [-0.1, -0.05) is 25.1 Å². The molecule has 0 saturated carbocycles. The van der Waals surface area contributed by atoms with E-state index in [0.29, 0.717) is 12.5 Å². The van der Waals surface area contributed by atoms with Gasteiger partial charge in [0.25, 0.3) is 0 Å². The Balaban J connectivity index is 1.59. The number of methoxy groups -OCH3 is 1. The number of nitrogens with zero attached hydrogens (tertiary/aromatic N) is 3. The van der Waals surface area contributed by atoms with Crippen molar-refractivity contribution < 1.29 is 9.53 Å². The molecule has 1 aromatic rings. The van der Waals surface area contributed by atoms with Crippen LogP contribution in [0.4, 0.5) is 5.69 Å². The third-order valence-corrected chi connectivity index (χ3v) is 5.66. The Morgan fingerprint density at radius 1 is 1.26 bits per heavy atom. The van der Waals surface area contributed by atoms with E-state index < -0.39 is 0 Å². The van der Waals surface area contributed by atoms with Crippen LogP contribution in [-0.2, 0) is 9.53 Å². The van der Waals surface area contributed by atoms with Crippen molar-refractivity contribution in [3.63, 3.8) is 0 Å². The van der Waals surface area contributed by atoms with Gasteiger partial charge in [-0.3, -0.25) is 9.79 Å². The van der Waals surface area contributed by atoms with E-state index in [0.717, 1.165) is 38.7 Å². The van der Waals surface area contributed by atoms with Gasteiger partial charge in [0, 0.05) is 45.0 Å². The number of aliphatic imine (C=N–C) groups is 1. The van der Waals surface area contributed by atoms with Crippen molar-refractivity contribution in [1.82, 2.24) is 10.2 Å². The zero-order valence-corrected chi connectivity index (χ0v) is 16.7. The second-order valence-electron chi connectivity index (χ2n) is 7.64. The summed E-state index contributed by atoms with van der Waals surface area (Å²) < 4.78 is 4.96. The van der Waals surface area contributed by atoms with Gasteiger partial charge in [-0.2, -0.15) is 0 Å². The normalized spacial score (nSPS) is 25.7. The predicted molar refractivity (Wildman–Crippen MR) is 109 cm³/mol. The lowest BCUT2D eigenvalue weighted by atomic mass is 9.99. The zero-order chi connectivity index (χ0) is 19.2. The van der Waals surface area contributed by atoms with E-state index >= 15 is 0 Å². The summed E-state index contributed by atoms with van der Waals surface area (Å²) in [4.78, 5) is 21.5. The van der Waals surface area contributed by atoms with Crippen LogP contribution in [0.15, 0.2) is 35.3 Å². The number of hydrogen-bond donors (Lipinski definition) is 1. The molecule has 0 aliphatic carbocycles. The van der Waals surface area contributed by atoms with Gasteiger partial charge < -0.3 is 19.9 Å². The van der Waals surface area contributed by atoms with Crippen molar-refractivity contribution in [3.8, 4) is 0 Å². The van der Waals surface area contributed by atoms with Gasteiger partial charge in [0.15, 0.2) is 5.96 Å². The molecular formula is C21H32N4O2. The van der Waals surface area contributed by atoms with Crippen LogP contribution in [0.1, 0.15) is 20.3 Å². The summed E-state index contributed by atoms with van der Waals surface area (Å²) >= 11 is 0. The van der Waals surface area contributed by atoms with Crippen molar-refractivity contribution in [3.05, 3.63) is 30.3 Å². The molecule has 0 aromatic heterocycles. The van der Waals surface area contributed by atoms with E-state index in [4.69, 9.17) is 9.73 Å². The average Bonchev–Trinajstić information content (AvgIpc) is 3.32. The molecule has 2 aliphatic rings. The molecule has 6 heteroatoms. The molecule has 1 N–H and O–H groups in total. The number of guanidine groups is 1. The number of para-hydroxylation sites is 1. The van der Waals surface area contributed by atoms with Gasteiger partial charge in [0.05, 0.1) is 13.0 Å². The minimum atomic E-state index is -0.116. The molecule has 2 saturated heterocycles. The van der Waals surface area contributed by atoms with Gasteiger partial charge in [0.2, 0.25) is 0 Å². The monoisotopic (exact) mass is 372 g/mol. The predicted octanol–water partition coefficient (Wildman–Crippen LogP) is 2.22. The van der Waals surface area contributed by atoms with Gasteiger partial charge in [-0.05, 0) is 37.3 Å². The molecule has 2 fully saturated rings. The molecule has 0 bridgehead atoms. The number of carbonyl (C=O) groups is 1. The van der Waals surface area contributed by atoms with Crippen molar-refractivity contribution in [2.45, 2.75) is 20.3 Å². The number of hydrogen-bond acceptors (Lipinski definition) is 4. The Kier molecular flexibility index (Phi) is 6.58. The summed E-state index contributed by atoms with van der Waals surface area (Å²) in [6, 6.07) is 10.6. The maximum atomic E-state index is 12.0. The van der Waals surface area contributed by atoms with E-state index in [2.05, 4.69) is 59.3 Å². The molecule has 6 nitrogen and oxygen atoms in total. The molecule has 3 unspecified atom stereocenters. The quantitative estimate of drug-likeness (QED) is 0.488. The minimum Gasteiger partial charge on any atom is -0.469 e. The lowest BCUT2D eigenvalue weighted by Gasteiger charge is -2.22. The summed E-state index contributed by atoms with van der Waals surface area (Å²) in [6.07, 6.45) is 1.17. The Hall–Kier alpha value is -2.24. The number of nitrogens with one attached hydrogen (secondary N) is 1. The first-order valence-electron chi connectivity index (χ1n) is 10.0. The topological polar surface area (TPSA) is 57.2 Å². The number of esters is 1. The molecular weight excluding hydrogens is 340 g/mol. The molecule has 148 valence electrons. The first kappa shape index (κ1) is 19.5. The molecule has 0 amide bonds. The lowest BCUT2D eigenvalue weighted by molar-refractivity contribution is -0.145. The Labute approximate surface area is 162 Å². The SMILES string of the molecule is CCNC(=NCC1CCN(c2ccccc2)C1)N1CC(C)C(C(=O)OC)C1. The van der Waals surface area contributed by atoms with E-state index in [1.54, 1.807) is 0 Å². The molecule has 3 atom stereocenters. The minimum absolute atomic E-state index is 0.0705. The summed E-state index contributed by atoms with van der Waals surface area (Å²) in [7, 11) is 1.47. The molecule has 2 heterocycles. The van der Waals surface area contributed by atoms with Gasteiger partial charge in [0.1, 0.15) is 0 Å². The highest BCUT2D eigenvalue weighted by Gasteiger charge is 2.37. The molecule has 1 aromatic carbocycles. The maximum Gasteiger partial charge on any atom is 0.310 e. The second kappa shape index (κ2) is 9.11. The van der Waals surface area contributed by atoms with Crippen molar-refractivity contribution in [1.29, 1.82) is 0 Å². The molecule has 0 spiro atoms. The zero-order valence-electron chi connectivity index (χ0n) is 16.7. The van der Waals surface area contributed by atoms with E-state index in [1.807, 2.05) is 0 Å². The van der Waals surface area contributed by atoms with E-state index in [-0.39, 0.29) is 17.8 Å². The van der Waals surface area contributed by atoms with Crippen molar-refractivity contribution in [2.75, 3.05) is 51.3 Å². The summed E-state index contributed by atoms with van der Waals surface area (Å²) in [5.41, 5.74) is 1.30. The van der Waals surface area contributed by atoms with Gasteiger partial charge in [-0.15, -0.1) is 0 Å². The highest BCUT2D eigenvalue weighted by atomic mass is 16.5. The van der Waals surface area contributed by atoms with Crippen molar-refractivity contribution in [2.24, 2.45) is 22.7 Å². The number of likely N-dealkylation sites (tertiary alicyclic amines) is 1. The maximum absolute atomic E-state index is 12.0. The smallest absolute Gasteiger partial charge is 0.310 e. The lowest BCUT2D eigenvalue weighted by Crippen LogP contribution is -2.41. The van der Waals surface area contributed by atoms with E-state index in [9.17, 15) is 4.79 Å². The largest absolute Gasteiger partial charge is 0.469 e. The fourth-order valence-corrected chi connectivity index (χ4v) is 4.09. The Morgan fingerprint density at radius 3 is 2.74 bits per heavy atom. The number of rotatable bonds is 5. The van der Waals surface area contributed by atoms with Crippen LogP contribution in [0.2, 0.25) is 0 Å². The molecule has 2 aliphatic heterocycles. The highest BCUT2D eigenvalue weighted by molar-refractivity contribution is 5.82. The first-order valence-corrected chi connectivity index (χ1v) is 10.0. The van der Waals surface area contributed by atoms with E-state index in [1.165, 1.54) is 19.2 Å². The van der Waals surface area contributed by atoms with Crippen LogP contribution in [0.5, 0.6) is 0 Å². The first-order chi connectivity index (χ1) is 13.1. The second-order valence-corrected chi connectivity index (χ2v) is 7.64. The van der Waals surface area contributed by atoms with Crippen LogP contribution >= 0.6 is 0 Å². The summed E-state index contributed by atoms with van der Waals surface area (Å²) in [5, 5.41) is 3.40. The van der Waals surface area contributed by atoms with Crippen LogP contribution in [0, 0.1) is 17.8 Å². The summed E-state index contributed by atoms with van der Waals surface area (Å²) in [5.74, 6) is 1.58. The Bertz CT molecular complexity index is 649. The fourth-order valence-electron chi connectivity index (χ4n) is 4.09. The third kappa shape index (κ3) is 4.73. The van der Waals surface area contributed by atoms with Gasteiger partial charge >= 0.3 is 5.97 Å². The third-order valence-electron chi connectivity index (χ3n) is 5.66. The number of benzene rings is 1. The standard InChI is InChI=1S/C21H32N4O2/c1-4-22-21(25-13-16(2)19(15-25)20(26)27-3)23-12-17-10-11-24(14-17)18-8-6-5-7-9-18/h5-9,16-17,19H,4,10-15H2,1-3H3,(H,22,23). The summed E-state index contributed by atoms with van der Waals surface area (Å²) in [6.45, 7) is 9.50. The highest BCUT2D eigenvalue weighted by Crippen LogP contribution is 2.25. The van der Waals surface area contributed by atoms with Crippen LogP contribution in [0.3, 0.4) is 0 Å². The molecule has 0 radical (unpaired) electrons. The van der Waals surface area contributed by atoms with Crippen LogP contribution < -0.4 is 10.2 Å².